The highest BCUT2D eigenvalue weighted by atomic mass is 16.5. The first-order valence-corrected chi connectivity index (χ1v) is 8.22. The van der Waals surface area contributed by atoms with Crippen LogP contribution in [0.15, 0.2) is 18.2 Å². The summed E-state index contributed by atoms with van der Waals surface area (Å²) in [5.74, 6) is 1.12. The summed E-state index contributed by atoms with van der Waals surface area (Å²) in [6.07, 6.45) is 11.0. The molecule has 0 heterocycles. The van der Waals surface area contributed by atoms with Gasteiger partial charge in [-0.25, -0.2) is 0 Å². The molecular weight excluding hydrogens is 248 g/mol. The van der Waals surface area contributed by atoms with Crippen LogP contribution in [0.25, 0.3) is 0 Å². The number of benzene rings is 1. The number of phenols is 1. The first-order chi connectivity index (χ1) is 9.76. The lowest BCUT2D eigenvalue weighted by atomic mass is 10.0. The van der Waals surface area contributed by atoms with Crippen LogP contribution in [0.1, 0.15) is 70.8 Å². The Morgan fingerprint density at radius 1 is 0.850 bits per heavy atom. The molecule has 1 N–H and O–H groups in total. The molecule has 2 nitrogen and oxygen atoms in total. The number of aromatic hydroxyl groups is 1. The smallest absolute Gasteiger partial charge is 0.123 e. The summed E-state index contributed by atoms with van der Waals surface area (Å²) in [6.45, 7) is 5.12. The zero-order valence-electron chi connectivity index (χ0n) is 13.2. The van der Waals surface area contributed by atoms with E-state index >= 15 is 0 Å². The van der Waals surface area contributed by atoms with E-state index in [9.17, 15) is 5.11 Å². The van der Waals surface area contributed by atoms with Gasteiger partial charge in [0.15, 0.2) is 0 Å². The first kappa shape index (κ1) is 16.9. The van der Waals surface area contributed by atoms with Crippen LogP contribution in [-0.4, -0.2) is 11.7 Å². The molecule has 0 atom stereocenters. The lowest BCUT2D eigenvalue weighted by molar-refractivity contribution is 0.307. The lowest BCUT2D eigenvalue weighted by Gasteiger charge is -2.09. The molecule has 0 fully saturated rings. The summed E-state index contributed by atoms with van der Waals surface area (Å²) < 4.78 is 5.67. The van der Waals surface area contributed by atoms with E-state index in [1.54, 1.807) is 6.07 Å². The Morgan fingerprint density at radius 3 is 2.30 bits per heavy atom. The summed E-state index contributed by atoms with van der Waals surface area (Å²) in [6, 6.07) is 5.64. The van der Waals surface area contributed by atoms with Crippen LogP contribution in [-0.2, 0) is 6.42 Å². The highest BCUT2D eigenvalue weighted by Crippen LogP contribution is 2.23. The molecule has 0 unspecified atom stereocenters. The molecule has 0 saturated heterocycles. The topological polar surface area (TPSA) is 29.5 Å². The van der Waals surface area contributed by atoms with Crippen LogP contribution in [0.3, 0.4) is 0 Å². The molecule has 114 valence electrons. The Kier molecular flexibility index (Phi) is 8.93. The summed E-state index contributed by atoms with van der Waals surface area (Å²) in [4.78, 5) is 0. The van der Waals surface area contributed by atoms with Crippen LogP contribution in [0, 0.1) is 0 Å². The molecular formula is C18H30O2. The van der Waals surface area contributed by atoms with Crippen molar-refractivity contribution in [3.63, 3.8) is 0 Å². The maximum absolute atomic E-state index is 9.74. The van der Waals surface area contributed by atoms with Crippen LogP contribution >= 0.6 is 0 Å². The van der Waals surface area contributed by atoms with Crippen molar-refractivity contribution < 1.29 is 9.84 Å². The van der Waals surface area contributed by atoms with E-state index in [0.29, 0.717) is 5.75 Å². The van der Waals surface area contributed by atoms with Crippen LogP contribution < -0.4 is 4.74 Å². The van der Waals surface area contributed by atoms with Crippen LogP contribution in [0.2, 0.25) is 0 Å². The van der Waals surface area contributed by atoms with Gasteiger partial charge in [-0.2, -0.15) is 0 Å². The number of hydrogen-bond donors (Lipinski definition) is 1. The maximum atomic E-state index is 9.74. The van der Waals surface area contributed by atoms with Gasteiger partial charge in [0.25, 0.3) is 0 Å². The second-order valence-electron chi connectivity index (χ2n) is 5.55. The first-order valence-electron chi connectivity index (χ1n) is 8.22. The van der Waals surface area contributed by atoms with Gasteiger partial charge in [0, 0.05) is 6.07 Å². The fourth-order valence-corrected chi connectivity index (χ4v) is 2.31. The standard InChI is InChI=1S/C18H30O2/c1-3-5-7-8-9-10-11-16-13-17(19)15-18(14-16)20-12-6-4-2/h13-15,19H,3-12H2,1-2H3. The molecule has 1 aromatic rings. The maximum Gasteiger partial charge on any atom is 0.123 e. The molecule has 2 heteroatoms. The Hall–Kier alpha value is -1.18. The number of phenolic OH excluding ortho intramolecular Hbond substituents is 1. The Balaban J connectivity index is 2.33. The predicted molar refractivity (Wildman–Crippen MR) is 85.6 cm³/mol. The van der Waals surface area contributed by atoms with Gasteiger partial charge >= 0.3 is 0 Å². The minimum absolute atomic E-state index is 0.319. The van der Waals surface area contributed by atoms with Gasteiger partial charge in [0.2, 0.25) is 0 Å². The number of ether oxygens (including phenoxy) is 1. The Labute approximate surface area is 124 Å². The lowest BCUT2D eigenvalue weighted by Crippen LogP contribution is -1.97. The van der Waals surface area contributed by atoms with Crippen molar-refractivity contribution in [3.8, 4) is 11.5 Å². The van der Waals surface area contributed by atoms with E-state index in [2.05, 4.69) is 19.9 Å². The molecule has 0 bridgehead atoms. The fraction of sp³-hybridized carbons (Fsp3) is 0.667. The molecule has 0 aliphatic rings. The second-order valence-corrected chi connectivity index (χ2v) is 5.55. The van der Waals surface area contributed by atoms with Gasteiger partial charge in [-0.05, 0) is 37.0 Å². The average molecular weight is 278 g/mol. The monoisotopic (exact) mass is 278 g/mol. The Bertz CT molecular complexity index is 360. The number of aryl methyl sites for hydroxylation is 1. The molecule has 0 aliphatic carbocycles. The molecule has 0 saturated carbocycles. The minimum atomic E-state index is 0.319. The zero-order valence-corrected chi connectivity index (χ0v) is 13.2. The summed E-state index contributed by atoms with van der Waals surface area (Å²) >= 11 is 0. The molecule has 0 spiro atoms. The van der Waals surface area contributed by atoms with Crippen molar-refractivity contribution in [1.82, 2.24) is 0 Å². The number of rotatable bonds is 11. The predicted octanol–water partition coefficient (Wildman–Crippen LogP) is 5.47. The van der Waals surface area contributed by atoms with Crippen molar-refractivity contribution in [2.45, 2.75) is 71.6 Å². The van der Waals surface area contributed by atoms with Crippen molar-refractivity contribution in [2.24, 2.45) is 0 Å². The largest absolute Gasteiger partial charge is 0.508 e. The molecule has 0 aliphatic heterocycles. The van der Waals surface area contributed by atoms with E-state index in [-0.39, 0.29) is 0 Å². The van der Waals surface area contributed by atoms with Gasteiger partial charge < -0.3 is 9.84 Å². The molecule has 1 aromatic carbocycles. The molecule has 0 amide bonds. The van der Waals surface area contributed by atoms with Crippen LogP contribution in [0.5, 0.6) is 11.5 Å². The zero-order chi connectivity index (χ0) is 14.6. The van der Waals surface area contributed by atoms with Crippen molar-refractivity contribution in [3.05, 3.63) is 23.8 Å². The number of hydrogen-bond acceptors (Lipinski definition) is 2. The molecule has 20 heavy (non-hydrogen) atoms. The molecule has 0 radical (unpaired) electrons. The van der Waals surface area contributed by atoms with E-state index in [0.717, 1.165) is 31.6 Å². The number of unbranched alkanes of at least 4 members (excludes halogenated alkanes) is 6. The van der Waals surface area contributed by atoms with Crippen molar-refractivity contribution >= 4 is 0 Å². The average Bonchev–Trinajstić information content (AvgIpc) is 2.42. The molecule has 1 rings (SSSR count). The summed E-state index contributed by atoms with van der Waals surface area (Å²) in [5.41, 5.74) is 1.19. The third-order valence-corrected chi connectivity index (χ3v) is 3.54. The quantitative estimate of drug-likeness (QED) is 0.543. The Morgan fingerprint density at radius 2 is 1.55 bits per heavy atom. The van der Waals surface area contributed by atoms with E-state index in [1.807, 2.05) is 6.07 Å². The normalized spacial score (nSPS) is 10.7. The summed E-state index contributed by atoms with van der Waals surface area (Å²) in [5, 5.41) is 9.74. The van der Waals surface area contributed by atoms with E-state index in [1.165, 1.54) is 44.1 Å². The van der Waals surface area contributed by atoms with Gasteiger partial charge in [0.1, 0.15) is 11.5 Å². The fourth-order valence-electron chi connectivity index (χ4n) is 2.31. The van der Waals surface area contributed by atoms with Gasteiger partial charge in [-0.3, -0.25) is 0 Å². The van der Waals surface area contributed by atoms with E-state index < -0.39 is 0 Å². The molecule has 0 aromatic heterocycles. The van der Waals surface area contributed by atoms with Gasteiger partial charge in [-0.15, -0.1) is 0 Å². The van der Waals surface area contributed by atoms with E-state index in [4.69, 9.17) is 4.74 Å². The third kappa shape index (κ3) is 7.42. The van der Waals surface area contributed by atoms with Gasteiger partial charge in [0.05, 0.1) is 6.61 Å². The highest BCUT2D eigenvalue weighted by Gasteiger charge is 2.02. The minimum Gasteiger partial charge on any atom is -0.508 e. The highest BCUT2D eigenvalue weighted by molar-refractivity contribution is 5.37. The SMILES string of the molecule is CCCCCCCCc1cc(O)cc(OCCCC)c1. The van der Waals surface area contributed by atoms with Crippen molar-refractivity contribution in [1.29, 1.82) is 0 Å². The summed E-state index contributed by atoms with van der Waals surface area (Å²) in [7, 11) is 0. The van der Waals surface area contributed by atoms with Crippen molar-refractivity contribution in [2.75, 3.05) is 6.61 Å². The third-order valence-electron chi connectivity index (χ3n) is 3.54. The van der Waals surface area contributed by atoms with Crippen LogP contribution in [0.4, 0.5) is 0 Å². The second kappa shape index (κ2) is 10.6. The van der Waals surface area contributed by atoms with Gasteiger partial charge in [-0.1, -0.05) is 52.4 Å².